The fourth-order valence-electron chi connectivity index (χ4n) is 8.46. The Kier molecular flexibility index (Phi) is 10.4. The first kappa shape index (κ1) is 37.3. The second-order valence-electron chi connectivity index (χ2n) is 15.3. The van der Waals surface area contributed by atoms with Crippen LogP contribution in [0, 0.1) is 0 Å². The molecule has 0 aliphatic rings. The molecule has 0 atom stereocenters. The van der Waals surface area contributed by atoms with E-state index in [0.717, 1.165) is 50.4 Å². The molecule has 0 unspecified atom stereocenters. The monoisotopic (exact) mass is 777 g/mol. The normalized spacial score (nSPS) is 11.0. The van der Waals surface area contributed by atoms with Gasteiger partial charge in [-0.05, 0) is 109 Å². The minimum atomic E-state index is 1.07. The minimum absolute atomic E-state index is 1.07. The highest BCUT2D eigenvalue weighted by Crippen LogP contribution is 2.48. The van der Waals surface area contributed by atoms with E-state index in [4.69, 9.17) is 0 Å². The summed E-state index contributed by atoms with van der Waals surface area (Å²) in [6.07, 6.45) is 0. The molecule has 61 heavy (non-hydrogen) atoms. The number of rotatable bonds is 10. The Hall–Kier alpha value is -8.00. The maximum Gasteiger partial charge on any atom is 0.0540 e. The van der Waals surface area contributed by atoms with Crippen molar-refractivity contribution >= 4 is 17.1 Å². The summed E-state index contributed by atoms with van der Waals surface area (Å²) >= 11 is 0. The lowest BCUT2D eigenvalue weighted by atomic mass is 9.91. The minimum Gasteiger partial charge on any atom is -0.309 e. The third-order valence-electron chi connectivity index (χ3n) is 11.5. The van der Waals surface area contributed by atoms with Crippen molar-refractivity contribution in [3.8, 4) is 77.9 Å². The van der Waals surface area contributed by atoms with Gasteiger partial charge in [-0.1, -0.05) is 218 Å². The van der Waals surface area contributed by atoms with Crippen LogP contribution in [-0.4, -0.2) is 0 Å². The van der Waals surface area contributed by atoms with Gasteiger partial charge in [-0.3, -0.25) is 0 Å². The molecule has 288 valence electrons. The van der Waals surface area contributed by atoms with Crippen LogP contribution in [0.15, 0.2) is 261 Å². The molecule has 0 saturated heterocycles. The Balaban J connectivity index is 1.21. The fraction of sp³-hybridized carbons (Fsp3) is 0. The highest BCUT2D eigenvalue weighted by molar-refractivity contribution is 5.97. The summed E-state index contributed by atoms with van der Waals surface area (Å²) in [5.41, 5.74) is 19.7. The molecule has 10 aromatic carbocycles. The smallest absolute Gasteiger partial charge is 0.0540 e. The average molecular weight is 778 g/mol. The number of hydrogen-bond donors (Lipinski definition) is 0. The summed E-state index contributed by atoms with van der Waals surface area (Å²) in [5, 5.41) is 0. The number of hydrogen-bond acceptors (Lipinski definition) is 1. The first-order valence-corrected chi connectivity index (χ1v) is 20.9. The van der Waals surface area contributed by atoms with E-state index < -0.39 is 0 Å². The maximum atomic E-state index is 2.47. The summed E-state index contributed by atoms with van der Waals surface area (Å²) < 4.78 is 0. The van der Waals surface area contributed by atoms with E-state index in [1.807, 2.05) is 0 Å². The van der Waals surface area contributed by atoms with Crippen LogP contribution in [0.25, 0.3) is 77.9 Å². The predicted molar refractivity (Wildman–Crippen MR) is 259 cm³/mol. The average Bonchev–Trinajstić information content (AvgIpc) is 3.36. The molecule has 0 spiro atoms. The van der Waals surface area contributed by atoms with Crippen LogP contribution in [0.3, 0.4) is 0 Å². The Morgan fingerprint density at radius 1 is 0.180 bits per heavy atom. The van der Waals surface area contributed by atoms with E-state index in [0.29, 0.717) is 0 Å². The van der Waals surface area contributed by atoms with Gasteiger partial charge < -0.3 is 4.90 Å². The zero-order valence-electron chi connectivity index (χ0n) is 33.8. The Bertz CT molecular complexity index is 2910. The number of benzene rings is 10. The zero-order valence-corrected chi connectivity index (χ0v) is 33.8. The molecule has 1 heteroatoms. The lowest BCUT2D eigenvalue weighted by Crippen LogP contribution is -2.13. The van der Waals surface area contributed by atoms with Gasteiger partial charge >= 0.3 is 0 Å². The van der Waals surface area contributed by atoms with Crippen LogP contribution in [-0.2, 0) is 0 Å². The molecular weight excluding hydrogens is 735 g/mol. The van der Waals surface area contributed by atoms with Crippen molar-refractivity contribution in [2.24, 2.45) is 0 Å². The summed E-state index contributed by atoms with van der Waals surface area (Å²) in [6.45, 7) is 0. The maximum absolute atomic E-state index is 2.47. The molecule has 0 radical (unpaired) electrons. The molecule has 0 aromatic heterocycles. The van der Waals surface area contributed by atoms with E-state index in [1.165, 1.54) is 44.5 Å². The molecule has 0 fully saturated rings. The molecule has 0 aliphatic carbocycles. The van der Waals surface area contributed by atoms with Gasteiger partial charge in [0.25, 0.3) is 0 Å². The highest BCUT2D eigenvalue weighted by atomic mass is 15.1. The van der Waals surface area contributed by atoms with Gasteiger partial charge in [0.1, 0.15) is 0 Å². The first-order valence-electron chi connectivity index (χ1n) is 20.9. The van der Waals surface area contributed by atoms with Crippen LogP contribution in [0.5, 0.6) is 0 Å². The molecule has 10 rings (SSSR count). The van der Waals surface area contributed by atoms with Crippen LogP contribution in [0.2, 0.25) is 0 Å². The topological polar surface area (TPSA) is 3.24 Å². The van der Waals surface area contributed by atoms with Gasteiger partial charge in [0.2, 0.25) is 0 Å². The highest BCUT2D eigenvalue weighted by Gasteiger charge is 2.23. The Labute approximate surface area is 359 Å². The van der Waals surface area contributed by atoms with Crippen LogP contribution in [0.4, 0.5) is 17.1 Å². The second-order valence-corrected chi connectivity index (χ2v) is 15.3. The van der Waals surface area contributed by atoms with Crippen molar-refractivity contribution in [1.82, 2.24) is 0 Å². The van der Waals surface area contributed by atoms with Crippen LogP contribution in [0.1, 0.15) is 0 Å². The van der Waals surface area contributed by atoms with Crippen molar-refractivity contribution in [3.63, 3.8) is 0 Å². The molecule has 0 heterocycles. The van der Waals surface area contributed by atoms with E-state index in [9.17, 15) is 0 Å². The SMILES string of the molecule is c1ccc(-c2ccc(N(c3cccc(-c4ccc(-c5ccccc5)c(-c5ccccc5)c4)c3)c3ccc(-c4ccccc4)cc3-c3ccccc3)c(-c3ccccc3)c2)cc1. The van der Waals surface area contributed by atoms with Gasteiger partial charge in [0.15, 0.2) is 0 Å². The third kappa shape index (κ3) is 7.81. The van der Waals surface area contributed by atoms with Crippen molar-refractivity contribution in [2.45, 2.75) is 0 Å². The summed E-state index contributed by atoms with van der Waals surface area (Å²) in [6, 6.07) is 94.2. The lowest BCUT2D eigenvalue weighted by molar-refractivity contribution is 1.28. The van der Waals surface area contributed by atoms with Gasteiger partial charge in [-0.2, -0.15) is 0 Å². The van der Waals surface area contributed by atoms with E-state index >= 15 is 0 Å². The van der Waals surface area contributed by atoms with Crippen molar-refractivity contribution in [3.05, 3.63) is 261 Å². The number of nitrogens with zero attached hydrogens (tertiary/aromatic N) is 1. The van der Waals surface area contributed by atoms with Crippen molar-refractivity contribution in [1.29, 1.82) is 0 Å². The van der Waals surface area contributed by atoms with Gasteiger partial charge in [0, 0.05) is 16.8 Å². The summed E-state index contributed by atoms with van der Waals surface area (Å²) in [4.78, 5) is 2.47. The summed E-state index contributed by atoms with van der Waals surface area (Å²) in [7, 11) is 0. The van der Waals surface area contributed by atoms with E-state index in [2.05, 4.69) is 266 Å². The van der Waals surface area contributed by atoms with Crippen molar-refractivity contribution < 1.29 is 0 Å². The quantitative estimate of drug-likeness (QED) is 0.134. The van der Waals surface area contributed by atoms with Gasteiger partial charge in [0.05, 0.1) is 11.4 Å². The standard InChI is InChI=1S/C60H43N/c1-7-20-44(21-8-1)51-35-38-59(57(42-51)48-28-15-5-16-29-48)61(60-39-36-52(45-22-9-2-10-23-45)43-58(60)49-30-17-6-18-31-49)54-33-19-32-50(40-54)53-34-37-55(46-24-11-3-12-25-46)56(41-53)47-26-13-4-14-27-47/h1-43H. The molecule has 0 aliphatic heterocycles. The first-order chi connectivity index (χ1) is 30.3. The molecule has 1 nitrogen and oxygen atoms in total. The third-order valence-corrected chi connectivity index (χ3v) is 11.5. The summed E-state index contributed by atoms with van der Waals surface area (Å²) in [5.74, 6) is 0. The van der Waals surface area contributed by atoms with Gasteiger partial charge in [-0.15, -0.1) is 0 Å². The second kappa shape index (κ2) is 17.1. The van der Waals surface area contributed by atoms with Crippen LogP contribution < -0.4 is 4.90 Å². The molecule has 0 amide bonds. The Morgan fingerprint density at radius 2 is 0.492 bits per heavy atom. The largest absolute Gasteiger partial charge is 0.309 e. The molecule has 0 bridgehead atoms. The van der Waals surface area contributed by atoms with E-state index in [-0.39, 0.29) is 0 Å². The molecular formula is C60H43N. The van der Waals surface area contributed by atoms with E-state index in [1.54, 1.807) is 0 Å². The van der Waals surface area contributed by atoms with Crippen molar-refractivity contribution in [2.75, 3.05) is 4.90 Å². The molecule has 0 N–H and O–H groups in total. The lowest BCUT2D eigenvalue weighted by Gasteiger charge is -2.31. The Morgan fingerprint density at radius 3 is 0.934 bits per heavy atom. The fourth-order valence-corrected chi connectivity index (χ4v) is 8.46. The van der Waals surface area contributed by atoms with Gasteiger partial charge in [-0.25, -0.2) is 0 Å². The zero-order chi connectivity index (χ0) is 40.8. The predicted octanol–water partition coefficient (Wildman–Crippen LogP) is 16.8. The van der Waals surface area contributed by atoms with Crippen LogP contribution >= 0.6 is 0 Å². The molecule has 10 aromatic rings. The number of anilines is 3. The molecule has 0 saturated carbocycles.